The van der Waals surface area contributed by atoms with E-state index in [2.05, 4.69) is 0 Å². The number of hydrogen-bond acceptors (Lipinski definition) is 3. The maximum absolute atomic E-state index is 10.7. The van der Waals surface area contributed by atoms with E-state index >= 15 is 0 Å². The lowest BCUT2D eigenvalue weighted by molar-refractivity contribution is -0.138. The fourth-order valence-electron chi connectivity index (χ4n) is 1.33. The highest BCUT2D eigenvalue weighted by Crippen LogP contribution is 2.23. The van der Waals surface area contributed by atoms with Gasteiger partial charge in [-0.25, -0.2) is 0 Å². The van der Waals surface area contributed by atoms with Gasteiger partial charge in [-0.1, -0.05) is 25.1 Å². The Hall–Kier alpha value is -1.55. The molecule has 4 heteroatoms. The smallest absolute Gasteiger partial charge is 0.321 e. The Labute approximate surface area is 82.5 Å². The predicted octanol–water partition coefficient (Wildman–Crippen LogP) is 0.784. The van der Waals surface area contributed by atoms with Gasteiger partial charge in [0.25, 0.3) is 0 Å². The van der Waals surface area contributed by atoms with Crippen LogP contribution in [-0.2, 0) is 4.79 Å². The van der Waals surface area contributed by atoms with Gasteiger partial charge in [0, 0.05) is 11.6 Å². The van der Waals surface area contributed by atoms with Gasteiger partial charge in [-0.15, -0.1) is 0 Å². The van der Waals surface area contributed by atoms with Crippen molar-refractivity contribution in [3.05, 3.63) is 29.8 Å². The van der Waals surface area contributed by atoms with Crippen molar-refractivity contribution in [1.82, 2.24) is 0 Å². The summed E-state index contributed by atoms with van der Waals surface area (Å²) in [6, 6.07) is 6.23. The van der Waals surface area contributed by atoms with Crippen molar-refractivity contribution < 1.29 is 9.90 Å². The maximum Gasteiger partial charge on any atom is 0.321 e. The molecule has 2 atom stereocenters. The lowest BCUT2D eigenvalue weighted by Crippen LogP contribution is -2.35. The molecule has 5 N–H and O–H groups in total. The largest absolute Gasteiger partial charge is 0.480 e. The van der Waals surface area contributed by atoms with E-state index < -0.39 is 12.0 Å². The normalized spacial score (nSPS) is 14.7. The maximum atomic E-state index is 10.7. The molecule has 0 unspecified atom stereocenters. The fraction of sp³-hybridized carbons (Fsp3) is 0.300. The minimum absolute atomic E-state index is 0.284. The van der Waals surface area contributed by atoms with Crippen molar-refractivity contribution in [3.63, 3.8) is 0 Å². The average molecular weight is 194 g/mol. The first-order valence-electron chi connectivity index (χ1n) is 4.37. The molecule has 0 aliphatic heterocycles. The van der Waals surface area contributed by atoms with Gasteiger partial charge in [0.05, 0.1) is 0 Å². The van der Waals surface area contributed by atoms with Gasteiger partial charge in [0.1, 0.15) is 6.04 Å². The topological polar surface area (TPSA) is 89.3 Å². The van der Waals surface area contributed by atoms with Gasteiger partial charge in [-0.3, -0.25) is 4.79 Å². The van der Waals surface area contributed by atoms with Crippen LogP contribution in [-0.4, -0.2) is 17.1 Å². The zero-order chi connectivity index (χ0) is 10.7. The van der Waals surface area contributed by atoms with Crippen molar-refractivity contribution in [2.24, 2.45) is 5.73 Å². The standard InChI is InChI=1S/C10H14N2O2/c1-6(9(12)10(13)14)7-4-2-3-5-8(7)11/h2-6,9H,11-12H2,1H3,(H,13,14)/t6-,9-/m0/s1. The van der Waals surface area contributed by atoms with E-state index in [-0.39, 0.29) is 5.92 Å². The molecule has 0 aromatic heterocycles. The van der Waals surface area contributed by atoms with Crippen LogP contribution in [0.2, 0.25) is 0 Å². The Morgan fingerprint density at radius 2 is 2.00 bits per heavy atom. The molecule has 1 aromatic rings. The van der Waals surface area contributed by atoms with Gasteiger partial charge in [0.15, 0.2) is 0 Å². The fourth-order valence-corrected chi connectivity index (χ4v) is 1.33. The van der Waals surface area contributed by atoms with Crippen LogP contribution in [0.3, 0.4) is 0 Å². The van der Waals surface area contributed by atoms with Crippen LogP contribution in [0.1, 0.15) is 18.4 Å². The van der Waals surface area contributed by atoms with Crippen molar-refractivity contribution in [3.8, 4) is 0 Å². The van der Waals surface area contributed by atoms with Gasteiger partial charge in [-0.2, -0.15) is 0 Å². The van der Waals surface area contributed by atoms with Crippen LogP contribution in [0.4, 0.5) is 5.69 Å². The summed E-state index contributed by atoms with van der Waals surface area (Å²) in [5.41, 5.74) is 12.6. The molecule has 1 rings (SSSR count). The minimum atomic E-state index is -1.01. The Kier molecular flexibility index (Phi) is 3.09. The van der Waals surface area contributed by atoms with Crippen molar-refractivity contribution in [1.29, 1.82) is 0 Å². The molecule has 14 heavy (non-hydrogen) atoms. The van der Waals surface area contributed by atoms with E-state index in [4.69, 9.17) is 16.6 Å². The summed E-state index contributed by atoms with van der Waals surface area (Å²) in [6.45, 7) is 1.75. The molecule has 4 nitrogen and oxygen atoms in total. The van der Waals surface area contributed by atoms with E-state index in [1.54, 1.807) is 25.1 Å². The first-order chi connectivity index (χ1) is 6.54. The van der Waals surface area contributed by atoms with Gasteiger partial charge in [0.2, 0.25) is 0 Å². The van der Waals surface area contributed by atoms with E-state index in [9.17, 15) is 4.79 Å². The van der Waals surface area contributed by atoms with E-state index in [0.29, 0.717) is 5.69 Å². The Morgan fingerprint density at radius 1 is 1.43 bits per heavy atom. The van der Waals surface area contributed by atoms with Crippen LogP contribution >= 0.6 is 0 Å². The number of hydrogen-bond donors (Lipinski definition) is 3. The highest BCUT2D eigenvalue weighted by molar-refractivity contribution is 5.75. The summed E-state index contributed by atoms with van der Waals surface area (Å²) in [4.78, 5) is 10.7. The second-order valence-electron chi connectivity index (χ2n) is 3.28. The first kappa shape index (κ1) is 10.5. The molecule has 0 spiro atoms. The summed E-state index contributed by atoms with van der Waals surface area (Å²) < 4.78 is 0. The second kappa shape index (κ2) is 4.11. The lowest BCUT2D eigenvalue weighted by Gasteiger charge is -2.17. The SMILES string of the molecule is C[C@@H](c1ccccc1N)[C@H](N)C(=O)O. The number of aliphatic carboxylic acids is 1. The van der Waals surface area contributed by atoms with Crippen molar-refractivity contribution in [2.45, 2.75) is 18.9 Å². The molecule has 0 aliphatic carbocycles. The monoisotopic (exact) mass is 194 g/mol. The lowest BCUT2D eigenvalue weighted by atomic mass is 9.93. The highest BCUT2D eigenvalue weighted by Gasteiger charge is 2.22. The average Bonchev–Trinajstić information content (AvgIpc) is 2.16. The Morgan fingerprint density at radius 3 is 2.50 bits per heavy atom. The number of nitrogen functional groups attached to an aromatic ring is 1. The number of benzene rings is 1. The third kappa shape index (κ3) is 2.03. The number of anilines is 1. The number of nitrogens with two attached hydrogens (primary N) is 2. The summed E-state index contributed by atoms with van der Waals surface area (Å²) in [5, 5.41) is 8.74. The van der Waals surface area contributed by atoms with Crippen molar-refractivity contribution >= 4 is 11.7 Å². The zero-order valence-electron chi connectivity index (χ0n) is 7.97. The minimum Gasteiger partial charge on any atom is -0.480 e. The molecule has 0 heterocycles. The van der Waals surface area contributed by atoms with E-state index in [0.717, 1.165) is 5.56 Å². The van der Waals surface area contributed by atoms with Crippen LogP contribution in [0.25, 0.3) is 0 Å². The van der Waals surface area contributed by atoms with Crippen LogP contribution in [0.5, 0.6) is 0 Å². The summed E-state index contributed by atoms with van der Waals surface area (Å²) in [6.07, 6.45) is 0. The molecule has 1 aromatic carbocycles. The summed E-state index contributed by atoms with van der Waals surface area (Å²) in [7, 11) is 0. The molecule has 0 aliphatic rings. The molecule has 76 valence electrons. The first-order valence-corrected chi connectivity index (χ1v) is 4.37. The number of carboxylic acids is 1. The van der Waals surface area contributed by atoms with Crippen molar-refractivity contribution in [2.75, 3.05) is 5.73 Å². The van der Waals surface area contributed by atoms with Gasteiger partial charge in [-0.05, 0) is 11.6 Å². The predicted molar refractivity (Wildman–Crippen MR) is 54.9 cm³/mol. The molecular weight excluding hydrogens is 180 g/mol. The number of carboxylic acid groups (broad SMARTS) is 1. The van der Waals surface area contributed by atoms with Crippen LogP contribution < -0.4 is 11.5 Å². The molecule has 0 saturated heterocycles. The molecule has 0 amide bonds. The molecular formula is C10H14N2O2. The van der Waals surface area contributed by atoms with Crippen LogP contribution in [0.15, 0.2) is 24.3 Å². The van der Waals surface area contributed by atoms with Crippen LogP contribution in [0, 0.1) is 0 Å². The third-order valence-corrected chi connectivity index (χ3v) is 2.31. The number of carbonyl (C=O) groups is 1. The van der Waals surface area contributed by atoms with E-state index in [1.165, 1.54) is 0 Å². The van der Waals surface area contributed by atoms with Gasteiger partial charge >= 0.3 is 5.97 Å². The molecule has 0 bridgehead atoms. The molecule has 0 radical (unpaired) electrons. The zero-order valence-corrected chi connectivity index (χ0v) is 7.97. The summed E-state index contributed by atoms with van der Waals surface area (Å²) in [5.74, 6) is -1.30. The Bertz CT molecular complexity index is 339. The second-order valence-corrected chi connectivity index (χ2v) is 3.28. The Balaban J connectivity index is 2.94. The number of para-hydroxylation sites is 1. The quantitative estimate of drug-likeness (QED) is 0.620. The highest BCUT2D eigenvalue weighted by atomic mass is 16.4. The molecule has 0 fully saturated rings. The third-order valence-electron chi connectivity index (χ3n) is 2.31. The van der Waals surface area contributed by atoms with Gasteiger partial charge < -0.3 is 16.6 Å². The summed E-state index contributed by atoms with van der Waals surface area (Å²) >= 11 is 0. The molecule has 0 saturated carbocycles. The number of rotatable bonds is 3. The van der Waals surface area contributed by atoms with E-state index in [1.807, 2.05) is 6.07 Å².